The molecule has 0 radical (unpaired) electrons. The average molecular weight is 345 g/mol. The van der Waals surface area contributed by atoms with Crippen molar-refractivity contribution in [1.82, 2.24) is 15.5 Å². The van der Waals surface area contributed by atoms with Crippen molar-refractivity contribution in [2.75, 3.05) is 26.7 Å². The first-order valence-electron chi connectivity index (χ1n) is 7.70. The standard InChI is InChI=1S/C15H27N3O6/c1-15(2,3)24-14(23)17-8-5-12(20)18(4)10-7-11(19)16-9-6-13(21)22/h5-10H2,1-4H3,(H,16,19)(H,17,23)(H,21,22). The summed E-state index contributed by atoms with van der Waals surface area (Å²) >= 11 is 0. The van der Waals surface area contributed by atoms with Gasteiger partial charge in [-0.15, -0.1) is 0 Å². The van der Waals surface area contributed by atoms with Crippen LogP contribution < -0.4 is 10.6 Å². The highest BCUT2D eigenvalue weighted by molar-refractivity contribution is 5.79. The number of amides is 3. The fourth-order valence-corrected chi connectivity index (χ4v) is 1.57. The van der Waals surface area contributed by atoms with Crippen molar-refractivity contribution < 1.29 is 29.0 Å². The van der Waals surface area contributed by atoms with E-state index >= 15 is 0 Å². The fourth-order valence-electron chi connectivity index (χ4n) is 1.57. The molecule has 0 heterocycles. The number of alkyl carbamates (subject to hydrolysis) is 1. The summed E-state index contributed by atoms with van der Waals surface area (Å²) in [5.41, 5.74) is -0.598. The molecule has 0 aromatic heterocycles. The van der Waals surface area contributed by atoms with E-state index in [4.69, 9.17) is 9.84 Å². The van der Waals surface area contributed by atoms with Crippen molar-refractivity contribution in [1.29, 1.82) is 0 Å². The number of nitrogens with one attached hydrogen (secondary N) is 2. The molecule has 24 heavy (non-hydrogen) atoms. The molecule has 0 bridgehead atoms. The number of hydrogen-bond donors (Lipinski definition) is 3. The highest BCUT2D eigenvalue weighted by atomic mass is 16.6. The number of carbonyl (C=O) groups is 4. The zero-order chi connectivity index (χ0) is 18.8. The van der Waals surface area contributed by atoms with Gasteiger partial charge in [0.05, 0.1) is 6.42 Å². The zero-order valence-corrected chi connectivity index (χ0v) is 14.7. The van der Waals surface area contributed by atoms with Crippen LogP contribution in [0.5, 0.6) is 0 Å². The molecular formula is C15H27N3O6. The number of carboxylic acid groups (broad SMARTS) is 1. The summed E-state index contributed by atoms with van der Waals surface area (Å²) in [6, 6.07) is 0. The molecule has 3 N–H and O–H groups in total. The first kappa shape index (κ1) is 21.7. The first-order chi connectivity index (χ1) is 11.0. The lowest BCUT2D eigenvalue weighted by atomic mass is 10.2. The second-order valence-electron chi connectivity index (χ2n) is 6.24. The number of hydrogen-bond acceptors (Lipinski definition) is 5. The molecule has 138 valence electrons. The Morgan fingerprint density at radius 3 is 2.12 bits per heavy atom. The molecule has 0 aliphatic heterocycles. The molecule has 9 nitrogen and oxygen atoms in total. The zero-order valence-electron chi connectivity index (χ0n) is 14.7. The number of carboxylic acids is 1. The Labute approximate surface area is 141 Å². The van der Waals surface area contributed by atoms with Crippen LogP contribution in [0.15, 0.2) is 0 Å². The van der Waals surface area contributed by atoms with Gasteiger partial charge in [-0.1, -0.05) is 0 Å². The van der Waals surface area contributed by atoms with Crippen molar-refractivity contribution in [3.8, 4) is 0 Å². The van der Waals surface area contributed by atoms with Crippen molar-refractivity contribution >= 4 is 23.9 Å². The third kappa shape index (κ3) is 12.2. The van der Waals surface area contributed by atoms with Gasteiger partial charge in [0.2, 0.25) is 11.8 Å². The maximum atomic E-state index is 11.9. The number of nitrogens with zero attached hydrogens (tertiary/aromatic N) is 1. The largest absolute Gasteiger partial charge is 0.481 e. The van der Waals surface area contributed by atoms with Crippen LogP contribution in [0.25, 0.3) is 0 Å². The van der Waals surface area contributed by atoms with Crippen molar-refractivity contribution in [2.45, 2.75) is 45.6 Å². The maximum Gasteiger partial charge on any atom is 0.407 e. The van der Waals surface area contributed by atoms with Crippen LogP contribution in [0.1, 0.15) is 40.0 Å². The Morgan fingerprint density at radius 1 is 1.00 bits per heavy atom. The minimum atomic E-state index is -0.986. The molecule has 0 fully saturated rings. The molecule has 0 rings (SSSR count). The van der Waals surface area contributed by atoms with Crippen LogP contribution in [-0.2, 0) is 19.1 Å². The third-order valence-corrected chi connectivity index (χ3v) is 2.77. The summed E-state index contributed by atoms with van der Waals surface area (Å²) in [5.74, 6) is -1.52. The van der Waals surface area contributed by atoms with E-state index in [0.29, 0.717) is 0 Å². The summed E-state index contributed by atoms with van der Waals surface area (Å²) < 4.78 is 5.04. The minimum Gasteiger partial charge on any atom is -0.481 e. The van der Waals surface area contributed by atoms with Crippen molar-refractivity contribution in [2.24, 2.45) is 0 Å². The predicted molar refractivity (Wildman–Crippen MR) is 86.4 cm³/mol. The lowest BCUT2D eigenvalue weighted by Crippen LogP contribution is -2.37. The van der Waals surface area contributed by atoms with Crippen molar-refractivity contribution in [3.05, 3.63) is 0 Å². The van der Waals surface area contributed by atoms with Crippen LogP contribution in [-0.4, -0.2) is 66.2 Å². The van der Waals surface area contributed by atoms with Crippen LogP contribution in [0, 0.1) is 0 Å². The maximum absolute atomic E-state index is 11.9. The van der Waals surface area contributed by atoms with E-state index in [9.17, 15) is 19.2 Å². The second kappa shape index (κ2) is 10.5. The molecule has 9 heteroatoms. The van der Waals surface area contributed by atoms with Gasteiger partial charge in [-0.2, -0.15) is 0 Å². The van der Waals surface area contributed by atoms with Gasteiger partial charge in [-0.05, 0) is 20.8 Å². The smallest absolute Gasteiger partial charge is 0.407 e. The quantitative estimate of drug-likeness (QED) is 0.553. The third-order valence-electron chi connectivity index (χ3n) is 2.77. The van der Waals surface area contributed by atoms with Crippen LogP contribution in [0.4, 0.5) is 4.79 Å². The monoisotopic (exact) mass is 345 g/mol. The van der Waals surface area contributed by atoms with E-state index in [-0.39, 0.29) is 50.7 Å². The summed E-state index contributed by atoms with van der Waals surface area (Å²) in [5, 5.41) is 13.4. The molecule has 0 spiro atoms. The Hall–Kier alpha value is -2.32. The number of rotatable bonds is 9. The van der Waals surface area contributed by atoms with Gasteiger partial charge >= 0.3 is 12.1 Å². The highest BCUT2D eigenvalue weighted by Crippen LogP contribution is 2.06. The van der Waals surface area contributed by atoms with E-state index < -0.39 is 17.7 Å². The minimum absolute atomic E-state index is 0.0611. The summed E-state index contributed by atoms with van der Waals surface area (Å²) in [7, 11) is 1.56. The van der Waals surface area contributed by atoms with Gasteiger partial charge in [-0.25, -0.2) is 4.79 Å². The van der Waals surface area contributed by atoms with Crippen LogP contribution in [0.2, 0.25) is 0 Å². The van der Waals surface area contributed by atoms with Gasteiger partial charge < -0.3 is 25.4 Å². The van der Waals surface area contributed by atoms with Gasteiger partial charge in [0.25, 0.3) is 0 Å². The number of carbonyl (C=O) groups excluding carboxylic acids is 3. The normalized spacial score (nSPS) is 10.7. The van der Waals surface area contributed by atoms with Crippen LogP contribution >= 0.6 is 0 Å². The SMILES string of the molecule is CN(CCC(=O)NCCC(=O)O)C(=O)CCNC(=O)OC(C)(C)C. The van der Waals surface area contributed by atoms with Gasteiger partial charge in [0, 0.05) is 39.5 Å². The first-order valence-corrected chi connectivity index (χ1v) is 7.70. The van der Waals surface area contributed by atoms with E-state index in [1.54, 1.807) is 27.8 Å². The topological polar surface area (TPSA) is 125 Å². The van der Waals surface area contributed by atoms with E-state index in [1.165, 1.54) is 4.90 Å². The molecule has 0 aromatic rings. The van der Waals surface area contributed by atoms with Gasteiger partial charge in [0.15, 0.2) is 0 Å². The summed E-state index contributed by atoms with van der Waals surface area (Å²) in [6.45, 7) is 5.64. The van der Waals surface area contributed by atoms with E-state index in [1.807, 2.05) is 0 Å². The lowest BCUT2D eigenvalue weighted by molar-refractivity contribution is -0.137. The molecule has 0 unspecified atom stereocenters. The fraction of sp³-hybridized carbons (Fsp3) is 0.733. The molecule has 0 saturated heterocycles. The van der Waals surface area contributed by atoms with Gasteiger partial charge in [-0.3, -0.25) is 14.4 Å². The Morgan fingerprint density at radius 2 is 1.58 bits per heavy atom. The summed E-state index contributed by atoms with van der Waals surface area (Å²) in [4.78, 5) is 46.4. The van der Waals surface area contributed by atoms with E-state index in [0.717, 1.165) is 0 Å². The number of aliphatic carboxylic acids is 1. The Balaban J connectivity index is 3.89. The Bertz CT molecular complexity index is 459. The lowest BCUT2D eigenvalue weighted by Gasteiger charge is -2.20. The van der Waals surface area contributed by atoms with Gasteiger partial charge in [0.1, 0.15) is 5.60 Å². The molecule has 0 aromatic carbocycles. The van der Waals surface area contributed by atoms with Crippen molar-refractivity contribution in [3.63, 3.8) is 0 Å². The average Bonchev–Trinajstić information content (AvgIpc) is 2.42. The predicted octanol–water partition coefficient (Wildman–Crippen LogP) is 0.341. The highest BCUT2D eigenvalue weighted by Gasteiger charge is 2.16. The molecule has 0 saturated carbocycles. The molecule has 0 aliphatic carbocycles. The van der Waals surface area contributed by atoms with Crippen LogP contribution in [0.3, 0.4) is 0 Å². The molecular weight excluding hydrogens is 318 g/mol. The Kier molecular flexibility index (Phi) is 9.44. The van der Waals surface area contributed by atoms with E-state index in [2.05, 4.69) is 10.6 Å². The summed E-state index contributed by atoms with van der Waals surface area (Å²) in [6.07, 6.45) is -0.551. The molecule has 0 aliphatic rings. The second-order valence-corrected chi connectivity index (χ2v) is 6.24. The molecule has 3 amide bonds. The molecule has 0 atom stereocenters. The number of ether oxygens (including phenoxy) is 1.